The van der Waals surface area contributed by atoms with Crippen LogP contribution < -0.4 is 10.3 Å². The normalized spacial score (nSPS) is 15.5. The second-order valence-corrected chi connectivity index (χ2v) is 9.67. The number of aromatic nitrogens is 2. The summed E-state index contributed by atoms with van der Waals surface area (Å²) in [5.74, 6) is -0.282. The third kappa shape index (κ3) is 3.34. The molecule has 0 radical (unpaired) electrons. The lowest BCUT2D eigenvalue weighted by molar-refractivity contribution is 0.0970. The van der Waals surface area contributed by atoms with Crippen molar-refractivity contribution < 1.29 is 9.21 Å². The minimum Gasteiger partial charge on any atom is -0.450 e. The van der Waals surface area contributed by atoms with Crippen LogP contribution in [0.4, 0.5) is 5.13 Å². The molecule has 32 heavy (non-hydrogen) atoms. The van der Waals surface area contributed by atoms with Gasteiger partial charge in [0, 0.05) is 11.3 Å². The standard InChI is InChI=1S/C24H21N3O3S2/c1-4-5-18-25-26-24(32-18)27-20(14-7-9-15(31-3)10-8-14)19-21(28)16-12-13(2)6-11-17(16)30-22(19)23(27)29/h6-12,20H,4-5H2,1-3H3. The van der Waals surface area contributed by atoms with E-state index in [9.17, 15) is 9.59 Å². The molecule has 0 spiro atoms. The Morgan fingerprint density at radius 3 is 2.62 bits per heavy atom. The largest absolute Gasteiger partial charge is 0.450 e. The summed E-state index contributed by atoms with van der Waals surface area (Å²) in [6, 6.07) is 12.7. The molecule has 4 aromatic rings. The van der Waals surface area contributed by atoms with Crippen molar-refractivity contribution in [1.82, 2.24) is 10.2 Å². The number of hydrogen-bond donors (Lipinski definition) is 0. The van der Waals surface area contributed by atoms with E-state index < -0.39 is 6.04 Å². The lowest BCUT2D eigenvalue weighted by Gasteiger charge is -2.22. The first kappa shape index (κ1) is 20.9. The van der Waals surface area contributed by atoms with Crippen molar-refractivity contribution in [3.05, 3.63) is 80.1 Å². The predicted molar refractivity (Wildman–Crippen MR) is 128 cm³/mol. The van der Waals surface area contributed by atoms with E-state index in [0.29, 0.717) is 21.7 Å². The molecule has 1 amide bonds. The van der Waals surface area contributed by atoms with Crippen LogP contribution in [0.15, 0.2) is 56.6 Å². The smallest absolute Gasteiger partial charge is 0.297 e. The number of aryl methyl sites for hydroxylation is 2. The number of fused-ring (bicyclic) bond motifs is 2. The van der Waals surface area contributed by atoms with Crippen LogP contribution >= 0.6 is 23.1 Å². The predicted octanol–water partition coefficient (Wildman–Crippen LogP) is 5.38. The van der Waals surface area contributed by atoms with Crippen molar-refractivity contribution in [2.75, 3.05) is 11.2 Å². The van der Waals surface area contributed by atoms with Gasteiger partial charge in [0.25, 0.3) is 5.91 Å². The summed E-state index contributed by atoms with van der Waals surface area (Å²) in [6.07, 6.45) is 3.74. The summed E-state index contributed by atoms with van der Waals surface area (Å²) < 4.78 is 6.02. The zero-order chi connectivity index (χ0) is 22.4. The summed E-state index contributed by atoms with van der Waals surface area (Å²) in [6.45, 7) is 4.00. The van der Waals surface area contributed by atoms with Crippen LogP contribution in [0, 0.1) is 6.92 Å². The maximum absolute atomic E-state index is 13.6. The van der Waals surface area contributed by atoms with Gasteiger partial charge >= 0.3 is 0 Å². The molecule has 0 saturated carbocycles. The minimum atomic E-state index is -0.614. The Hall–Kier alpha value is -2.97. The van der Waals surface area contributed by atoms with Gasteiger partial charge in [-0.1, -0.05) is 42.0 Å². The maximum atomic E-state index is 13.6. The number of hydrogen-bond acceptors (Lipinski definition) is 7. The number of benzene rings is 2. The van der Waals surface area contributed by atoms with Gasteiger partial charge in [0.2, 0.25) is 10.9 Å². The Balaban J connectivity index is 1.75. The van der Waals surface area contributed by atoms with Gasteiger partial charge in [-0.2, -0.15) is 0 Å². The molecule has 2 aromatic carbocycles. The monoisotopic (exact) mass is 463 g/mol. The fourth-order valence-electron chi connectivity index (χ4n) is 4.04. The Morgan fingerprint density at radius 2 is 1.91 bits per heavy atom. The molecule has 1 unspecified atom stereocenters. The molecular formula is C24H21N3O3S2. The van der Waals surface area contributed by atoms with Gasteiger partial charge in [0.05, 0.1) is 17.0 Å². The van der Waals surface area contributed by atoms with Crippen molar-refractivity contribution in [2.24, 2.45) is 0 Å². The van der Waals surface area contributed by atoms with Crippen LogP contribution in [0.3, 0.4) is 0 Å². The molecule has 1 aliphatic heterocycles. The first-order valence-electron chi connectivity index (χ1n) is 10.4. The van der Waals surface area contributed by atoms with Gasteiger partial charge in [-0.15, -0.1) is 22.0 Å². The van der Waals surface area contributed by atoms with E-state index in [2.05, 4.69) is 17.1 Å². The van der Waals surface area contributed by atoms with E-state index in [1.165, 1.54) is 11.3 Å². The quantitative estimate of drug-likeness (QED) is 0.370. The van der Waals surface area contributed by atoms with Crippen LogP contribution in [-0.4, -0.2) is 22.4 Å². The molecule has 3 heterocycles. The van der Waals surface area contributed by atoms with Crippen molar-refractivity contribution in [2.45, 2.75) is 37.6 Å². The number of nitrogens with zero attached hydrogens (tertiary/aromatic N) is 3. The Bertz CT molecular complexity index is 1390. The van der Waals surface area contributed by atoms with Gasteiger partial charge in [-0.3, -0.25) is 14.5 Å². The van der Waals surface area contributed by atoms with Gasteiger partial charge in [0.15, 0.2) is 5.43 Å². The number of rotatable bonds is 5. The van der Waals surface area contributed by atoms with Crippen LogP contribution in [0.25, 0.3) is 11.0 Å². The summed E-state index contributed by atoms with van der Waals surface area (Å²) in [7, 11) is 0. The molecule has 1 atom stereocenters. The molecule has 6 nitrogen and oxygen atoms in total. The zero-order valence-electron chi connectivity index (χ0n) is 17.9. The molecule has 0 N–H and O–H groups in total. The first-order valence-corrected chi connectivity index (χ1v) is 12.4. The number of amides is 1. The Kier molecular flexibility index (Phi) is 5.35. The minimum absolute atomic E-state index is 0.0811. The molecule has 8 heteroatoms. The average Bonchev–Trinajstić information content (AvgIpc) is 3.37. The average molecular weight is 464 g/mol. The number of carbonyl (C=O) groups is 1. The molecular weight excluding hydrogens is 442 g/mol. The zero-order valence-corrected chi connectivity index (χ0v) is 19.5. The Labute approximate surface area is 193 Å². The maximum Gasteiger partial charge on any atom is 0.297 e. The number of carbonyl (C=O) groups excluding carboxylic acids is 1. The molecule has 0 aliphatic carbocycles. The van der Waals surface area contributed by atoms with E-state index in [1.807, 2.05) is 49.6 Å². The van der Waals surface area contributed by atoms with Gasteiger partial charge in [-0.25, -0.2) is 0 Å². The van der Waals surface area contributed by atoms with Gasteiger partial charge in [0.1, 0.15) is 10.6 Å². The molecule has 2 aromatic heterocycles. The Morgan fingerprint density at radius 1 is 1.12 bits per heavy atom. The van der Waals surface area contributed by atoms with E-state index in [0.717, 1.165) is 33.9 Å². The summed E-state index contributed by atoms with van der Waals surface area (Å²) in [4.78, 5) is 29.9. The third-order valence-corrected chi connectivity index (χ3v) is 7.31. The SMILES string of the molecule is CCCc1nnc(N2C(=O)c3oc4ccc(C)cc4c(=O)c3C2c2ccc(SC)cc2)s1. The lowest BCUT2D eigenvalue weighted by Crippen LogP contribution is -2.29. The van der Waals surface area contributed by atoms with Crippen molar-refractivity contribution in [3.63, 3.8) is 0 Å². The summed E-state index contributed by atoms with van der Waals surface area (Å²) in [5.41, 5.74) is 2.38. The fraction of sp³-hybridized carbons (Fsp3) is 0.250. The van der Waals surface area contributed by atoms with Gasteiger partial charge in [-0.05, 0) is 49.4 Å². The van der Waals surface area contributed by atoms with E-state index in [1.54, 1.807) is 22.7 Å². The molecule has 0 fully saturated rings. The topological polar surface area (TPSA) is 76.3 Å². The van der Waals surface area contributed by atoms with Crippen molar-refractivity contribution in [3.8, 4) is 0 Å². The van der Waals surface area contributed by atoms with Crippen LogP contribution in [0.2, 0.25) is 0 Å². The van der Waals surface area contributed by atoms with Crippen LogP contribution in [0.1, 0.15) is 51.6 Å². The number of anilines is 1. The molecule has 1 aliphatic rings. The highest BCUT2D eigenvalue weighted by Gasteiger charge is 2.45. The van der Waals surface area contributed by atoms with Crippen molar-refractivity contribution >= 4 is 45.1 Å². The third-order valence-electron chi connectivity index (χ3n) is 5.58. The lowest BCUT2D eigenvalue weighted by atomic mass is 9.98. The second-order valence-electron chi connectivity index (χ2n) is 7.75. The first-order chi connectivity index (χ1) is 15.5. The fourth-order valence-corrected chi connectivity index (χ4v) is 5.42. The highest BCUT2D eigenvalue weighted by molar-refractivity contribution is 7.98. The molecule has 0 saturated heterocycles. The molecule has 5 rings (SSSR count). The van der Waals surface area contributed by atoms with Crippen molar-refractivity contribution in [1.29, 1.82) is 0 Å². The summed E-state index contributed by atoms with van der Waals surface area (Å²) in [5, 5.41) is 10.4. The highest BCUT2D eigenvalue weighted by Crippen LogP contribution is 2.42. The van der Waals surface area contributed by atoms with Crippen LogP contribution in [-0.2, 0) is 6.42 Å². The van der Waals surface area contributed by atoms with E-state index >= 15 is 0 Å². The highest BCUT2D eigenvalue weighted by atomic mass is 32.2. The van der Waals surface area contributed by atoms with Gasteiger partial charge < -0.3 is 4.42 Å². The summed E-state index contributed by atoms with van der Waals surface area (Å²) >= 11 is 3.02. The number of thioether (sulfide) groups is 1. The molecule has 0 bridgehead atoms. The van der Waals surface area contributed by atoms with E-state index in [-0.39, 0.29) is 17.1 Å². The second kappa shape index (κ2) is 8.18. The molecule has 162 valence electrons. The van der Waals surface area contributed by atoms with Crippen LogP contribution in [0.5, 0.6) is 0 Å². The van der Waals surface area contributed by atoms with E-state index in [4.69, 9.17) is 4.42 Å².